The van der Waals surface area contributed by atoms with Crippen LogP contribution in [0.4, 0.5) is 5.69 Å². The monoisotopic (exact) mass is 391 g/mol. The molecule has 27 heavy (non-hydrogen) atoms. The molecule has 0 bridgehead atoms. The number of unbranched alkanes of at least 4 members (excludes halogenated alkanes) is 1. The maximum absolute atomic E-state index is 5.91. The van der Waals surface area contributed by atoms with E-state index in [1.807, 2.05) is 24.3 Å². The van der Waals surface area contributed by atoms with Gasteiger partial charge in [-0.2, -0.15) is 4.99 Å². The SMILES string of the molecule is CCCC[C@H]1CO[C@H](CCC2COC(c3ccc(N=C=S)cc3)OC2)OC1. The molecule has 1 aromatic carbocycles. The van der Waals surface area contributed by atoms with E-state index in [2.05, 4.69) is 29.3 Å². The molecule has 2 saturated heterocycles. The molecule has 1 aromatic rings. The first-order valence-corrected chi connectivity index (χ1v) is 10.3. The molecule has 5 nitrogen and oxygen atoms in total. The number of ether oxygens (including phenoxy) is 4. The predicted molar refractivity (Wildman–Crippen MR) is 107 cm³/mol. The molecule has 3 rings (SSSR count). The van der Waals surface area contributed by atoms with Gasteiger partial charge >= 0.3 is 0 Å². The van der Waals surface area contributed by atoms with E-state index in [9.17, 15) is 0 Å². The van der Waals surface area contributed by atoms with Crippen molar-refractivity contribution in [1.29, 1.82) is 0 Å². The van der Waals surface area contributed by atoms with Gasteiger partial charge in [-0.15, -0.1) is 0 Å². The first-order chi connectivity index (χ1) is 13.3. The van der Waals surface area contributed by atoms with Crippen LogP contribution < -0.4 is 0 Å². The van der Waals surface area contributed by atoms with E-state index in [0.29, 0.717) is 25.0 Å². The van der Waals surface area contributed by atoms with Crippen molar-refractivity contribution in [3.63, 3.8) is 0 Å². The number of thiocarbonyl (C=S) groups is 1. The Bertz CT molecular complexity index is 601. The van der Waals surface area contributed by atoms with E-state index in [1.165, 1.54) is 19.3 Å². The maximum Gasteiger partial charge on any atom is 0.183 e. The number of isothiocyanates is 1. The minimum Gasteiger partial charge on any atom is -0.352 e. The van der Waals surface area contributed by atoms with E-state index in [-0.39, 0.29) is 12.6 Å². The van der Waals surface area contributed by atoms with Crippen molar-refractivity contribution in [3.05, 3.63) is 29.8 Å². The van der Waals surface area contributed by atoms with Crippen LogP contribution in [0, 0.1) is 11.8 Å². The van der Waals surface area contributed by atoms with Crippen LogP contribution >= 0.6 is 12.2 Å². The quantitative estimate of drug-likeness (QED) is 0.459. The lowest BCUT2D eigenvalue weighted by Crippen LogP contribution is -2.33. The van der Waals surface area contributed by atoms with E-state index >= 15 is 0 Å². The third-order valence-corrected chi connectivity index (χ3v) is 5.21. The summed E-state index contributed by atoms with van der Waals surface area (Å²) in [4.78, 5) is 3.95. The van der Waals surface area contributed by atoms with Crippen LogP contribution in [0.2, 0.25) is 0 Å². The van der Waals surface area contributed by atoms with Crippen molar-refractivity contribution in [1.82, 2.24) is 0 Å². The van der Waals surface area contributed by atoms with Crippen LogP contribution in [0.3, 0.4) is 0 Å². The fourth-order valence-corrected chi connectivity index (χ4v) is 3.55. The molecular formula is C21H29NO4S. The highest BCUT2D eigenvalue weighted by atomic mass is 32.1. The Morgan fingerprint density at radius 3 is 2.19 bits per heavy atom. The van der Waals surface area contributed by atoms with Crippen LogP contribution in [0.15, 0.2) is 29.3 Å². The zero-order valence-electron chi connectivity index (χ0n) is 16.0. The second-order valence-electron chi connectivity index (χ2n) is 7.34. The fraction of sp³-hybridized carbons (Fsp3) is 0.667. The Morgan fingerprint density at radius 2 is 1.56 bits per heavy atom. The summed E-state index contributed by atoms with van der Waals surface area (Å²) in [6, 6.07) is 7.68. The van der Waals surface area contributed by atoms with Crippen LogP contribution in [0.25, 0.3) is 0 Å². The summed E-state index contributed by atoms with van der Waals surface area (Å²) in [5.74, 6) is 0.939. The topological polar surface area (TPSA) is 49.3 Å². The molecule has 2 fully saturated rings. The Kier molecular flexibility index (Phi) is 8.39. The van der Waals surface area contributed by atoms with Crippen molar-refractivity contribution >= 4 is 23.1 Å². The second kappa shape index (κ2) is 11.0. The lowest BCUT2D eigenvalue weighted by Gasteiger charge is -2.32. The van der Waals surface area contributed by atoms with Gasteiger partial charge in [-0.05, 0) is 43.6 Å². The van der Waals surface area contributed by atoms with Gasteiger partial charge in [0.1, 0.15) is 0 Å². The van der Waals surface area contributed by atoms with Gasteiger partial charge in [0.15, 0.2) is 12.6 Å². The summed E-state index contributed by atoms with van der Waals surface area (Å²) in [5.41, 5.74) is 1.78. The molecule has 0 radical (unpaired) electrons. The van der Waals surface area contributed by atoms with E-state index in [1.54, 1.807) is 0 Å². The molecule has 148 valence electrons. The maximum atomic E-state index is 5.91. The summed E-state index contributed by atoms with van der Waals surface area (Å²) in [7, 11) is 0. The highest BCUT2D eigenvalue weighted by Crippen LogP contribution is 2.29. The molecule has 6 heteroatoms. The molecule has 0 aromatic heterocycles. The van der Waals surface area contributed by atoms with Crippen molar-refractivity contribution in [3.8, 4) is 0 Å². The van der Waals surface area contributed by atoms with Gasteiger partial charge in [0.2, 0.25) is 0 Å². The molecular weight excluding hydrogens is 362 g/mol. The Labute approximate surface area is 167 Å². The van der Waals surface area contributed by atoms with Crippen molar-refractivity contribution in [2.45, 2.75) is 51.6 Å². The smallest absolute Gasteiger partial charge is 0.183 e. The van der Waals surface area contributed by atoms with Crippen LogP contribution in [-0.2, 0) is 18.9 Å². The standard InChI is InChI=1S/C21H29NO4S/c1-2-3-4-16-11-23-20(24-12-16)10-5-17-13-25-21(26-14-17)18-6-8-19(9-7-18)22-15-27/h6-9,16-17,20-21H,2-5,10-14H2,1H3/t16-,17?,20-,21?. The molecule has 2 heterocycles. The van der Waals surface area contributed by atoms with Crippen LogP contribution in [-0.4, -0.2) is 37.9 Å². The number of rotatable bonds is 8. The Hall–Kier alpha value is -1.14. The Balaban J connectivity index is 1.34. The number of hydrogen-bond acceptors (Lipinski definition) is 6. The normalized spacial score (nSPS) is 28.5. The van der Waals surface area contributed by atoms with Crippen LogP contribution in [0.5, 0.6) is 0 Å². The molecule has 0 saturated carbocycles. The van der Waals surface area contributed by atoms with E-state index in [4.69, 9.17) is 18.9 Å². The van der Waals surface area contributed by atoms with Crippen LogP contribution in [0.1, 0.15) is 50.9 Å². The first-order valence-electron chi connectivity index (χ1n) is 9.92. The molecule has 0 unspecified atom stereocenters. The number of nitrogens with zero attached hydrogens (tertiary/aromatic N) is 1. The average molecular weight is 392 g/mol. The Morgan fingerprint density at radius 1 is 0.926 bits per heavy atom. The highest BCUT2D eigenvalue weighted by molar-refractivity contribution is 7.78. The van der Waals surface area contributed by atoms with Gasteiger partial charge in [0.25, 0.3) is 0 Å². The zero-order chi connectivity index (χ0) is 18.9. The summed E-state index contributed by atoms with van der Waals surface area (Å²) in [5, 5.41) is 2.37. The number of benzene rings is 1. The second-order valence-corrected chi connectivity index (χ2v) is 7.52. The van der Waals surface area contributed by atoms with Gasteiger partial charge in [0.05, 0.1) is 37.3 Å². The molecule has 0 spiro atoms. The molecule has 2 aliphatic heterocycles. The van der Waals surface area contributed by atoms with Gasteiger partial charge < -0.3 is 18.9 Å². The van der Waals surface area contributed by atoms with E-state index in [0.717, 1.165) is 37.3 Å². The van der Waals surface area contributed by atoms with Crippen molar-refractivity contribution in [2.24, 2.45) is 16.8 Å². The summed E-state index contributed by atoms with van der Waals surface area (Å²) < 4.78 is 23.6. The predicted octanol–water partition coefficient (Wildman–Crippen LogP) is 5.04. The van der Waals surface area contributed by atoms with Gasteiger partial charge in [0, 0.05) is 17.4 Å². The molecule has 0 aliphatic carbocycles. The van der Waals surface area contributed by atoms with Gasteiger partial charge in [-0.1, -0.05) is 31.9 Å². The third kappa shape index (κ3) is 6.46. The average Bonchev–Trinajstić information content (AvgIpc) is 2.73. The number of aliphatic imine (C=N–C) groups is 1. The lowest BCUT2D eigenvalue weighted by molar-refractivity contribution is -0.220. The minimum absolute atomic E-state index is 0.0742. The molecule has 0 amide bonds. The molecule has 0 N–H and O–H groups in total. The summed E-state index contributed by atoms with van der Waals surface area (Å²) in [6.07, 6.45) is 5.18. The molecule has 0 atom stereocenters. The highest BCUT2D eigenvalue weighted by Gasteiger charge is 2.26. The fourth-order valence-electron chi connectivity index (χ4n) is 3.44. The largest absolute Gasteiger partial charge is 0.352 e. The van der Waals surface area contributed by atoms with Gasteiger partial charge in [-0.3, -0.25) is 0 Å². The van der Waals surface area contributed by atoms with E-state index < -0.39 is 0 Å². The summed E-state index contributed by atoms with van der Waals surface area (Å²) in [6.45, 7) is 5.26. The summed E-state index contributed by atoms with van der Waals surface area (Å²) >= 11 is 4.62. The lowest BCUT2D eigenvalue weighted by atomic mass is 10.0. The van der Waals surface area contributed by atoms with Crippen molar-refractivity contribution in [2.75, 3.05) is 26.4 Å². The minimum atomic E-state index is -0.312. The third-order valence-electron chi connectivity index (χ3n) is 5.12. The number of hydrogen-bond donors (Lipinski definition) is 0. The zero-order valence-corrected chi connectivity index (χ0v) is 16.8. The molecule has 2 aliphatic rings. The van der Waals surface area contributed by atoms with Gasteiger partial charge in [-0.25, -0.2) is 0 Å². The first kappa shape index (κ1) is 20.6. The van der Waals surface area contributed by atoms with Crippen molar-refractivity contribution < 1.29 is 18.9 Å².